The highest BCUT2D eigenvalue weighted by atomic mass is 35.5. The fraction of sp³-hybridized carbons (Fsp3) is 0.250. The van der Waals surface area contributed by atoms with Gasteiger partial charge in [0.2, 0.25) is 5.91 Å². The molecule has 0 radical (unpaired) electrons. The Hall–Kier alpha value is -2.07. The van der Waals surface area contributed by atoms with E-state index in [0.29, 0.717) is 5.02 Å². The molecule has 5 heteroatoms. The first-order valence-electron chi connectivity index (χ1n) is 6.70. The van der Waals surface area contributed by atoms with Gasteiger partial charge in [0.15, 0.2) is 0 Å². The molecule has 1 aromatic carbocycles. The second-order valence-electron chi connectivity index (χ2n) is 4.93. The molecule has 1 atom stereocenters. The van der Waals surface area contributed by atoms with Crippen LogP contribution in [0.2, 0.25) is 5.02 Å². The van der Waals surface area contributed by atoms with Crippen LogP contribution in [0.3, 0.4) is 0 Å². The summed E-state index contributed by atoms with van der Waals surface area (Å²) in [6.07, 6.45) is 5.11. The maximum absolute atomic E-state index is 12.0. The number of aryl methyl sites for hydroxylation is 2. The summed E-state index contributed by atoms with van der Waals surface area (Å²) in [7, 11) is 1.86. The van der Waals surface area contributed by atoms with Crippen molar-refractivity contribution in [1.82, 2.24) is 15.1 Å². The molecule has 0 spiro atoms. The van der Waals surface area contributed by atoms with Crippen LogP contribution in [0.15, 0.2) is 36.5 Å². The first-order valence-corrected chi connectivity index (χ1v) is 7.08. The Labute approximate surface area is 129 Å². The normalized spacial score (nSPS) is 12.6. The Balaban J connectivity index is 2.02. The zero-order valence-corrected chi connectivity index (χ0v) is 13.1. The minimum absolute atomic E-state index is 0.0953. The molecule has 1 aromatic heterocycles. The third-order valence-electron chi connectivity index (χ3n) is 3.20. The predicted octanol–water partition coefficient (Wildman–Crippen LogP) is 3.27. The van der Waals surface area contributed by atoms with Gasteiger partial charge < -0.3 is 5.32 Å². The summed E-state index contributed by atoms with van der Waals surface area (Å²) in [5.74, 6) is -0.161. The van der Waals surface area contributed by atoms with Gasteiger partial charge in [-0.15, -0.1) is 0 Å². The summed E-state index contributed by atoms with van der Waals surface area (Å²) >= 11 is 6.04. The summed E-state index contributed by atoms with van der Waals surface area (Å²) in [6, 6.07) is 7.29. The summed E-state index contributed by atoms with van der Waals surface area (Å²) in [6.45, 7) is 3.86. The number of carbonyl (C=O) groups is 1. The molecule has 0 bridgehead atoms. The number of rotatable bonds is 4. The van der Waals surface area contributed by atoms with Crippen molar-refractivity contribution < 1.29 is 4.79 Å². The van der Waals surface area contributed by atoms with Crippen LogP contribution in [-0.2, 0) is 11.8 Å². The lowest BCUT2D eigenvalue weighted by molar-refractivity contribution is -0.117. The van der Waals surface area contributed by atoms with Crippen molar-refractivity contribution in [2.24, 2.45) is 7.05 Å². The van der Waals surface area contributed by atoms with Crippen LogP contribution in [-0.4, -0.2) is 15.7 Å². The van der Waals surface area contributed by atoms with Crippen molar-refractivity contribution in [2.45, 2.75) is 19.9 Å². The molecule has 0 aliphatic carbocycles. The number of amides is 1. The summed E-state index contributed by atoms with van der Waals surface area (Å²) in [4.78, 5) is 12.0. The van der Waals surface area contributed by atoms with Gasteiger partial charge in [-0.05, 0) is 31.6 Å². The molecule has 4 nitrogen and oxygen atoms in total. The molecule has 1 heterocycles. The van der Waals surface area contributed by atoms with Gasteiger partial charge in [-0.3, -0.25) is 9.48 Å². The fourth-order valence-electron chi connectivity index (χ4n) is 2.16. The van der Waals surface area contributed by atoms with Gasteiger partial charge in [0.1, 0.15) is 0 Å². The van der Waals surface area contributed by atoms with Gasteiger partial charge >= 0.3 is 0 Å². The number of nitrogens with zero attached hydrogens (tertiary/aromatic N) is 2. The molecular formula is C16H18ClN3O. The number of hydrogen-bond acceptors (Lipinski definition) is 2. The minimum Gasteiger partial charge on any atom is -0.346 e. The van der Waals surface area contributed by atoms with E-state index in [1.54, 1.807) is 16.8 Å². The molecule has 1 N–H and O–H groups in total. The van der Waals surface area contributed by atoms with Crippen molar-refractivity contribution in [1.29, 1.82) is 0 Å². The van der Waals surface area contributed by atoms with Crippen molar-refractivity contribution in [3.8, 4) is 0 Å². The van der Waals surface area contributed by atoms with Crippen molar-refractivity contribution >= 4 is 23.6 Å². The van der Waals surface area contributed by atoms with Crippen LogP contribution in [0.4, 0.5) is 0 Å². The average Bonchev–Trinajstić information content (AvgIpc) is 2.77. The molecule has 0 aliphatic rings. The molecule has 2 aromatic rings. The van der Waals surface area contributed by atoms with Crippen LogP contribution in [0.5, 0.6) is 0 Å². The van der Waals surface area contributed by atoms with Crippen LogP contribution >= 0.6 is 11.6 Å². The van der Waals surface area contributed by atoms with Crippen LogP contribution in [0.1, 0.15) is 29.8 Å². The number of carbonyl (C=O) groups excluding carboxylic acids is 1. The van der Waals surface area contributed by atoms with Gasteiger partial charge in [0.05, 0.1) is 11.7 Å². The first-order chi connectivity index (χ1) is 9.97. The summed E-state index contributed by atoms with van der Waals surface area (Å²) in [5, 5.41) is 7.82. The zero-order chi connectivity index (χ0) is 15.4. The SMILES string of the molecule is Cc1nn(C)cc1C(C)NC(=O)/C=C/c1ccccc1Cl. The number of aromatic nitrogens is 2. The fourth-order valence-corrected chi connectivity index (χ4v) is 2.36. The van der Waals surface area contributed by atoms with E-state index >= 15 is 0 Å². The van der Waals surface area contributed by atoms with E-state index < -0.39 is 0 Å². The van der Waals surface area contributed by atoms with Crippen molar-refractivity contribution in [3.63, 3.8) is 0 Å². The van der Waals surface area contributed by atoms with Gasteiger partial charge in [-0.1, -0.05) is 29.8 Å². The number of hydrogen-bond donors (Lipinski definition) is 1. The van der Waals surface area contributed by atoms with Crippen molar-refractivity contribution in [3.05, 3.63) is 58.4 Å². The Bertz CT molecular complexity index is 676. The molecule has 0 aliphatic heterocycles. The minimum atomic E-state index is -0.161. The lowest BCUT2D eigenvalue weighted by atomic mass is 10.1. The standard InChI is InChI=1S/C16H18ClN3O/c1-11(14-10-20(3)19-12(14)2)18-16(21)9-8-13-6-4-5-7-15(13)17/h4-11H,1-3H3,(H,18,21)/b9-8+. The topological polar surface area (TPSA) is 46.9 Å². The van der Waals surface area contributed by atoms with E-state index in [0.717, 1.165) is 16.8 Å². The lowest BCUT2D eigenvalue weighted by Gasteiger charge is -2.11. The van der Waals surface area contributed by atoms with Gasteiger partial charge in [-0.2, -0.15) is 5.10 Å². The first kappa shape index (κ1) is 15.3. The zero-order valence-electron chi connectivity index (χ0n) is 12.3. The second-order valence-corrected chi connectivity index (χ2v) is 5.34. The lowest BCUT2D eigenvalue weighted by Crippen LogP contribution is -2.24. The molecule has 21 heavy (non-hydrogen) atoms. The number of halogens is 1. The summed E-state index contributed by atoms with van der Waals surface area (Å²) in [5.41, 5.74) is 2.75. The maximum atomic E-state index is 12.0. The van der Waals surface area contributed by atoms with Gasteiger partial charge in [0, 0.05) is 29.9 Å². The maximum Gasteiger partial charge on any atom is 0.244 e. The molecule has 0 saturated heterocycles. The predicted molar refractivity (Wildman–Crippen MR) is 85.0 cm³/mol. The Morgan fingerprint density at radius 1 is 1.43 bits per heavy atom. The van der Waals surface area contributed by atoms with E-state index in [2.05, 4.69) is 10.4 Å². The second kappa shape index (κ2) is 6.59. The van der Waals surface area contributed by atoms with Crippen LogP contribution < -0.4 is 5.32 Å². The van der Waals surface area contributed by atoms with E-state index in [1.807, 2.05) is 45.3 Å². The number of benzene rings is 1. The Kier molecular flexibility index (Phi) is 4.81. The highest BCUT2D eigenvalue weighted by Crippen LogP contribution is 2.17. The van der Waals surface area contributed by atoms with Crippen molar-refractivity contribution in [2.75, 3.05) is 0 Å². The van der Waals surface area contributed by atoms with Gasteiger partial charge in [0.25, 0.3) is 0 Å². The molecule has 1 amide bonds. The molecular weight excluding hydrogens is 286 g/mol. The third-order valence-corrected chi connectivity index (χ3v) is 3.54. The largest absolute Gasteiger partial charge is 0.346 e. The summed E-state index contributed by atoms with van der Waals surface area (Å²) < 4.78 is 1.74. The molecule has 1 unspecified atom stereocenters. The monoisotopic (exact) mass is 303 g/mol. The van der Waals surface area contributed by atoms with E-state index in [9.17, 15) is 4.79 Å². The smallest absolute Gasteiger partial charge is 0.244 e. The van der Waals surface area contributed by atoms with Crippen LogP contribution in [0.25, 0.3) is 6.08 Å². The quantitative estimate of drug-likeness (QED) is 0.881. The Morgan fingerprint density at radius 2 is 2.14 bits per heavy atom. The molecule has 0 saturated carbocycles. The van der Waals surface area contributed by atoms with Crippen LogP contribution in [0, 0.1) is 6.92 Å². The molecule has 0 fully saturated rings. The molecule has 110 valence electrons. The van der Waals surface area contributed by atoms with E-state index in [-0.39, 0.29) is 11.9 Å². The molecule has 2 rings (SSSR count). The highest BCUT2D eigenvalue weighted by Gasteiger charge is 2.12. The highest BCUT2D eigenvalue weighted by molar-refractivity contribution is 6.32. The third kappa shape index (κ3) is 3.95. The average molecular weight is 304 g/mol. The van der Waals surface area contributed by atoms with Gasteiger partial charge in [-0.25, -0.2) is 0 Å². The van der Waals surface area contributed by atoms with E-state index in [1.165, 1.54) is 6.08 Å². The number of nitrogens with one attached hydrogen (secondary N) is 1. The Morgan fingerprint density at radius 3 is 2.76 bits per heavy atom. The van der Waals surface area contributed by atoms with E-state index in [4.69, 9.17) is 11.6 Å².